The highest BCUT2D eigenvalue weighted by molar-refractivity contribution is 5.91. The lowest BCUT2D eigenvalue weighted by atomic mass is 10.2. The van der Waals surface area contributed by atoms with Crippen molar-refractivity contribution in [2.24, 2.45) is 0 Å². The number of rotatable bonds is 7. The van der Waals surface area contributed by atoms with E-state index < -0.39 is 11.5 Å². The fourth-order valence-corrected chi connectivity index (χ4v) is 1.92. The molecule has 0 aliphatic rings. The number of nitrogens with zero attached hydrogens (tertiary/aromatic N) is 1. The number of ether oxygens (including phenoxy) is 1. The van der Waals surface area contributed by atoms with Gasteiger partial charge in [0.15, 0.2) is 0 Å². The molecule has 2 aromatic carbocycles. The van der Waals surface area contributed by atoms with Crippen LogP contribution in [-0.4, -0.2) is 17.4 Å². The van der Waals surface area contributed by atoms with Crippen molar-refractivity contribution in [3.63, 3.8) is 0 Å². The van der Waals surface area contributed by atoms with Crippen LogP contribution in [0.1, 0.15) is 11.1 Å². The van der Waals surface area contributed by atoms with Crippen LogP contribution in [0.3, 0.4) is 0 Å². The van der Waals surface area contributed by atoms with Crippen LogP contribution in [0, 0.1) is 10.1 Å². The van der Waals surface area contributed by atoms with E-state index in [2.05, 4.69) is 10.1 Å². The van der Waals surface area contributed by atoms with E-state index in [1.807, 2.05) is 0 Å². The number of hydrogen-bond acceptors (Lipinski definition) is 4. The maximum atomic E-state index is 12.0. The Morgan fingerprint density at radius 1 is 1.16 bits per heavy atom. The number of hydrogen-bond donors (Lipinski definition) is 1. The third-order valence-corrected chi connectivity index (χ3v) is 3.15. The lowest BCUT2D eigenvalue weighted by molar-refractivity contribution is -0.384. The Kier molecular flexibility index (Phi) is 6.16. The van der Waals surface area contributed by atoms with E-state index in [0.29, 0.717) is 5.56 Å². The molecule has 0 aromatic heterocycles. The maximum absolute atomic E-state index is 12.0. The van der Waals surface area contributed by atoms with Crippen LogP contribution in [0.4, 0.5) is 14.5 Å². The maximum Gasteiger partial charge on any atom is 0.387 e. The number of nitro benzene ring substituents is 1. The molecule has 0 bridgehead atoms. The standard InChI is InChI=1S/C17H14F2N2O4/c18-17(19)25-15-8-3-12(4-9-15)5-10-16(22)20-11-13-1-6-14(7-2-13)21(23)24/h1-10,17H,11H2,(H,20,22). The number of benzene rings is 2. The molecule has 0 saturated carbocycles. The number of nitro groups is 1. The van der Waals surface area contributed by atoms with Crippen molar-refractivity contribution in [3.8, 4) is 5.75 Å². The van der Waals surface area contributed by atoms with Gasteiger partial charge in [-0.1, -0.05) is 24.3 Å². The van der Waals surface area contributed by atoms with Crippen LogP contribution in [0.15, 0.2) is 54.6 Å². The average Bonchev–Trinajstić information content (AvgIpc) is 2.59. The summed E-state index contributed by atoms with van der Waals surface area (Å²) in [5.41, 5.74) is 1.35. The van der Waals surface area contributed by atoms with Crippen molar-refractivity contribution in [1.29, 1.82) is 0 Å². The van der Waals surface area contributed by atoms with Crippen molar-refractivity contribution < 1.29 is 23.2 Å². The molecule has 0 saturated heterocycles. The molecule has 0 spiro atoms. The van der Waals surface area contributed by atoms with Gasteiger partial charge in [0.1, 0.15) is 5.75 Å². The molecule has 6 nitrogen and oxygen atoms in total. The minimum atomic E-state index is -2.88. The van der Waals surface area contributed by atoms with Crippen LogP contribution < -0.4 is 10.1 Å². The summed E-state index contributed by atoms with van der Waals surface area (Å²) in [7, 11) is 0. The predicted molar refractivity (Wildman–Crippen MR) is 87.1 cm³/mol. The third-order valence-electron chi connectivity index (χ3n) is 3.15. The predicted octanol–water partition coefficient (Wildman–Crippen LogP) is 3.53. The topological polar surface area (TPSA) is 81.5 Å². The molecule has 0 fully saturated rings. The first-order chi connectivity index (χ1) is 11.9. The number of alkyl halides is 2. The summed E-state index contributed by atoms with van der Waals surface area (Å²) in [6, 6.07) is 11.7. The van der Waals surface area contributed by atoms with Crippen LogP contribution in [0.2, 0.25) is 0 Å². The molecular formula is C17H14F2N2O4. The first-order valence-corrected chi connectivity index (χ1v) is 7.18. The van der Waals surface area contributed by atoms with Crippen molar-refractivity contribution in [1.82, 2.24) is 5.32 Å². The number of amides is 1. The van der Waals surface area contributed by atoms with Gasteiger partial charge >= 0.3 is 6.61 Å². The monoisotopic (exact) mass is 348 g/mol. The smallest absolute Gasteiger partial charge is 0.387 e. The van der Waals surface area contributed by atoms with Gasteiger partial charge in [-0.3, -0.25) is 14.9 Å². The second-order valence-corrected chi connectivity index (χ2v) is 4.92. The Hall–Kier alpha value is -3.29. The van der Waals surface area contributed by atoms with Gasteiger partial charge in [0.05, 0.1) is 4.92 Å². The second kappa shape index (κ2) is 8.53. The lowest BCUT2D eigenvalue weighted by Gasteiger charge is -2.04. The van der Waals surface area contributed by atoms with Gasteiger partial charge in [-0.05, 0) is 29.3 Å². The zero-order chi connectivity index (χ0) is 18.2. The molecule has 0 aliphatic carbocycles. The highest BCUT2D eigenvalue weighted by Crippen LogP contribution is 2.15. The molecule has 25 heavy (non-hydrogen) atoms. The SMILES string of the molecule is O=C(C=Cc1ccc(OC(F)F)cc1)NCc1ccc([N+](=O)[O-])cc1. The number of non-ortho nitro benzene ring substituents is 1. The highest BCUT2D eigenvalue weighted by Gasteiger charge is 2.05. The zero-order valence-corrected chi connectivity index (χ0v) is 12.9. The van der Waals surface area contributed by atoms with E-state index in [1.54, 1.807) is 12.1 Å². The Morgan fingerprint density at radius 2 is 1.80 bits per heavy atom. The molecule has 0 unspecified atom stereocenters. The second-order valence-electron chi connectivity index (χ2n) is 4.92. The van der Waals surface area contributed by atoms with Gasteiger partial charge in [0, 0.05) is 24.8 Å². The van der Waals surface area contributed by atoms with Crippen LogP contribution in [0.25, 0.3) is 6.08 Å². The van der Waals surface area contributed by atoms with E-state index in [4.69, 9.17) is 0 Å². The van der Waals surface area contributed by atoms with E-state index in [1.165, 1.54) is 48.6 Å². The highest BCUT2D eigenvalue weighted by atomic mass is 19.3. The largest absolute Gasteiger partial charge is 0.435 e. The summed E-state index contributed by atoms with van der Waals surface area (Å²) < 4.78 is 28.3. The van der Waals surface area contributed by atoms with Crippen molar-refractivity contribution in [2.45, 2.75) is 13.2 Å². The summed E-state index contributed by atoms with van der Waals surface area (Å²) in [5, 5.41) is 13.2. The number of halogens is 2. The first kappa shape index (κ1) is 18.1. The summed E-state index contributed by atoms with van der Waals surface area (Å²) in [4.78, 5) is 21.8. The van der Waals surface area contributed by atoms with E-state index in [9.17, 15) is 23.7 Å². The van der Waals surface area contributed by atoms with Crippen LogP contribution in [0.5, 0.6) is 5.75 Å². The molecule has 8 heteroatoms. The molecule has 1 N–H and O–H groups in total. The quantitative estimate of drug-likeness (QED) is 0.471. The molecule has 0 heterocycles. The normalized spacial score (nSPS) is 10.8. The van der Waals surface area contributed by atoms with Gasteiger partial charge < -0.3 is 10.1 Å². The van der Waals surface area contributed by atoms with Crippen molar-refractivity contribution in [2.75, 3.05) is 0 Å². The molecular weight excluding hydrogens is 334 g/mol. The average molecular weight is 348 g/mol. The van der Waals surface area contributed by atoms with Gasteiger partial charge in [-0.2, -0.15) is 8.78 Å². The van der Waals surface area contributed by atoms with Crippen LogP contribution >= 0.6 is 0 Å². The Balaban J connectivity index is 1.84. The number of nitrogens with one attached hydrogen (secondary N) is 1. The minimum absolute atomic E-state index is 0.0192. The molecule has 2 rings (SSSR count). The van der Waals surface area contributed by atoms with Crippen molar-refractivity contribution >= 4 is 17.7 Å². The molecule has 0 aliphatic heterocycles. The first-order valence-electron chi connectivity index (χ1n) is 7.18. The lowest BCUT2D eigenvalue weighted by Crippen LogP contribution is -2.20. The Bertz CT molecular complexity index is 759. The summed E-state index contributed by atoms with van der Waals surface area (Å²) in [5.74, 6) is -0.318. The molecule has 1 amide bonds. The summed E-state index contributed by atoms with van der Waals surface area (Å²) >= 11 is 0. The van der Waals surface area contributed by atoms with E-state index >= 15 is 0 Å². The summed E-state index contributed by atoms with van der Waals surface area (Å²) in [6.07, 6.45) is 2.83. The van der Waals surface area contributed by atoms with Crippen molar-refractivity contribution in [3.05, 3.63) is 75.8 Å². The van der Waals surface area contributed by atoms with E-state index in [-0.39, 0.29) is 23.9 Å². The molecule has 0 atom stereocenters. The van der Waals surface area contributed by atoms with Crippen LogP contribution in [-0.2, 0) is 11.3 Å². The molecule has 2 aromatic rings. The third kappa shape index (κ3) is 6.02. The Morgan fingerprint density at radius 3 is 2.36 bits per heavy atom. The summed E-state index contributed by atoms with van der Waals surface area (Å²) in [6.45, 7) is -2.66. The number of carbonyl (C=O) groups excluding carboxylic acids is 1. The van der Waals surface area contributed by atoms with E-state index in [0.717, 1.165) is 5.56 Å². The van der Waals surface area contributed by atoms with Gasteiger partial charge in [0.2, 0.25) is 5.91 Å². The fraction of sp³-hybridized carbons (Fsp3) is 0.118. The Labute approximate surface area is 141 Å². The zero-order valence-electron chi connectivity index (χ0n) is 12.9. The van der Waals surface area contributed by atoms with Gasteiger partial charge in [0.25, 0.3) is 5.69 Å². The molecule has 130 valence electrons. The van der Waals surface area contributed by atoms with Gasteiger partial charge in [-0.15, -0.1) is 0 Å². The minimum Gasteiger partial charge on any atom is -0.435 e. The molecule has 0 radical (unpaired) electrons. The van der Waals surface area contributed by atoms with Gasteiger partial charge in [-0.25, -0.2) is 0 Å². The number of carbonyl (C=O) groups is 1. The fourth-order valence-electron chi connectivity index (χ4n) is 1.92.